The Labute approximate surface area is 117 Å². The van der Waals surface area contributed by atoms with Crippen molar-refractivity contribution in [2.45, 2.75) is 20.5 Å². The fraction of sp³-hybridized carbons (Fsp3) is 0.250. The molecule has 0 radical (unpaired) electrons. The molecule has 0 fully saturated rings. The standard InChI is InChI=1S/C16H16O2S/c1-12-5-3-7-15(13(12)2)18-11-16-14(6-4-9-17)8-10-19-16/h3,5,7-8,10,17H,9,11H2,1-2H3. The summed E-state index contributed by atoms with van der Waals surface area (Å²) in [5, 5.41) is 10.7. The molecule has 0 unspecified atom stereocenters. The molecule has 0 bridgehead atoms. The van der Waals surface area contributed by atoms with Crippen LogP contribution in [0.15, 0.2) is 29.6 Å². The summed E-state index contributed by atoms with van der Waals surface area (Å²) in [5.41, 5.74) is 3.33. The van der Waals surface area contributed by atoms with Crippen LogP contribution in [0, 0.1) is 25.7 Å². The van der Waals surface area contributed by atoms with Gasteiger partial charge in [-0.2, -0.15) is 0 Å². The van der Waals surface area contributed by atoms with Gasteiger partial charge in [0.05, 0.1) is 4.88 Å². The summed E-state index contributed by atoms with van der Waals surface area (Å²) in [6.45, 7) is 4.53. The van der Waals surface area contributed by atoms with Gasteiger partial charge < -0.3 is 9.84 Å². The van der Waals surface area contributed by atoms with Gasteiger partial charge in [-0.05, 0) is 42.5 Å². The molecule has 2 aromatic rings. The highest BCUT2D eigenvalue weighted by Gasteiger charge is 2.05. The molecule has 98 valence electrons. The zero-order valence-corrected chi connectivity index (χ0v) is 11.9. The molecule has 1 aromatic carbocycles. The molecule has 2 rings (SSSR count). The average Bonchev–Trinajstić information content (AvgIpc) is 2.85. The Balaban J connectivity index is 2.11. The van der Waals surface area contributed by atoms with Crippen molar-refractivity contribution in [3.05, 3.63) is 51.2 Å². The summed E-state index contributed by atoms with van der Waals surface area (Å²) >= 11 is 1.62. The second-order valence-electron chi connectivity index (χ2n) is 4.20. The van der Waals surface area contributed by atoms with E-state index in [-0.39, 0.29) is 6.61 Å². The Kier molecular flexibility index (Phi) is 4.62. The lowest BCUT2D eigenvalue weighted by Crippen LogP contribution is -1.97. The van der Waals surface area contributed by atoms with Crippen LogP contribution in [-0.2, 0) is 6.61 Å². The number of aliphatic hydroxyl groups is 1. The molecule has 0 amide bonds. The first-order chi connectivity index (χ1) is 9.22. The zero-order chi connectivity index (χ0) is 13.7. The van der Waals surface area contributed by atoms with Gasteiger partial charge in [0.15, 0.2) is 0 Å². The molecule has 0 atom stereocenters. The minimum atomic E-state index is -0.118. The van der Waals surface area contributed by atoms with E-state index in [2.05, 4.69) is 31.8 Å². The maximum atomic E-state index is 8.73. The minimum Gasteiger partial charge on any atom is -0.488 e. The van der Waals surface area contributed by atoms with Gasteiger partial charge in [-0.3, -0.25) is 0 Å². The SMILES string of the molecule is Cc1cccc(OCc2sccc2C#CCO)c1C. The molecule has 0 saturated heterocycles. The molecule has 1 heterocycles. The summed E-state index contributed by atoms with van der Waals surface area (Å²) in [6, 6.07) is 8.01. The van der Waals surface area contributed by atoms with Crippen LogP contribution in [0.25, 0.3) is 0 Å². The van der Waals surface area contributed by atoms with Crippen LogP contribution in [0.4, 0.5) is 0 Å². The number of rotatable bonds is 3. The van der Waals surface area contributed by atoms with Crippen molar-refractivity contribution >= 4 is 11.3 Å². The highest BCUT2D eigenvalue weighted by molar-refractivity contribution is 7.10. The predicted molar refractivity (Wildman–Crippen MR) is 78.5 cm³/mol. The molecule has 1 N–H and O–H groups in total. The Morgan fingerprint density at radius 3 is 2.89 bits per heavy atom. The quantitative estimate of drug-likeness (QED) is 0.869. The molecular formula is C16H16O2S. The first-order valence-corrected chi connectivity index (χ1v) is 6.95. The molecule has 0 aliphatic heterocycles. The summed E-state index contributed by atoms with van der Waals surface area (Å²) in [7, 11) is 0. The molecule has 0 spiro atoms. The smallest absolute Gasteiger partial charge is 0.124 e. The maximum Gasteiger partial charge on any atom is 0.124 e. The Morgan fingerprint density at radius 1 is 1.26 bits per heavy atom. The lowest BCUT2D eigenvalue weighted by molar-refractivity contribution is 0.307. The fourth-order valence-electron chi connectivity index (χ4n) is 1.72. The molecule has 0 aliphatic carbocycles. The molecule has 0 saturated carbocycles. The van der Waals surface area contributed by atoms with Crippen LogP contribution in [-0.4, -0.2) is 11.7 Å². The van der Waals surface area contributed by atoms with Gasteiger partial charge in [0.25, 0.3) is 0 Å². The summed E-state index contributed by atoms with van der Waals surface area (Å²) in [4.78, 5) is 1.09. The molecule has 0 aliphatic rings. The van der Waals surface area contributed by atoms with E-state index >= 15 is 0 Å². The second kappa shape index (κ2) is 6.42. The molecule has 2 nitrogen and oxygen atoms in total. The lowest BCUT2D eigenvalue weighted by Gasteiger charge is -2.10. The fourth-order valence-corrected chi connectivity index (χ4v) is 2.46. The van der Waals surface area contributed by atoms with E-state index in [1.165, 1.54) is 11.1 Å². The number of thiophene rings is 1. The number of aryl methyl sites for hydroxylation is 1. The van der Waals surface area contributed by atoms with Gasteiger partial charge in [0, 0.05) is 5.56 Å². The van der Waals surface area contributed by atoms with Gasteiger partial charge in [0.2, 0.25) is 0 Å². The third kappa shape index (κ3) is 3.37. The Morgan fingerprint density at radius 2 is 2.11 bits per heavy atom. The van der Waals surface area contributed by atoms with Crippen molar-refractivity contribution in [2.75, 3.05) is 6.61 Å². The van der Waals surface area contributed by atoms with Crippen molar-refractivity contribution < 1.29 is 9.84 Å². The summed E-state index contributed by atoms with van der Waals surface area (Å²) in [6.07, 6.45) is 0. The number of hydrogen-bond donors (Lipinski definition) is 1. The van der Waals surface area contributed by atoms with Crippen molar-refractivity contribution in [1.82, 2.24) is 0 Å². The van der Waals surface area contributed by atoms with Gasteiger partial charge >= 0.3 is 0 Å². The van der Waals surface area contributed by atoms with Crippen molar-refractivity contribution in [1.29, 1.82) is 0 Å². The monoisotopic (exact) mass is 272 g/mol. The van der Waals surface area contributed by atoms with Gasteiger partial charge in [-0.25, -0.2) is 0 Å². The second-order valence-corrected chi connectivity index (χ2v) is 5.20. The Bertz CT molecular complexity index is 617. The highest BCUT2D eigenvalue weighted by atomic mass is 32.1. The Hall–Kier alpha value is -1.76. The van der Waals surface area contributed by atoms with Crippen LogP contribution in [0.5, 0.6) is 5.75 Å². The third-order valence-electron chi connectivity index (χ3n) is 2.96. The molecule has 19 heavy (non-hydrogen) atoms. The first kappa shape index (κ1) is 13.7. The van der Waals surface area contributed by atoms with Gasteiger partial charge in [-0.15, -0.1) is 11.3 Å². The average molecular weight is 272 g/mol. The topological polar surface area (TPSA) is 29.5 Å². The van der Waals surface area contributed by atoms with E-state index in [0.29, 0.717) is 6.61 Å². The first-order valence-electron chi connectivity index (χ1n) is 6.07. The largest absolute Gasteiger partial charge is 0.488 e. The molecular weight excluding hydrogens is 256 g/mol. The van der Waals surface area contributed by atoms with Crippen LogP contribution in [0.2, 0.25) is 0 Å². The maximum absolute atomic E-state index is 8.73. The summed E-state index contributed by atoms with van der Waals surface area (Å²) < 4.78 is 5.86. The number of ether oxygens (including phenoxy) is 1. The van der Waals surface area contributed by atoms with Crippen LogP contribution >= 0.6 is 11.3 Å². The van der Waals surface area contributed by atoms with Crippen LogP contribution in [0.3, 0.4) is 0 Å². The highest BCUT2D eigenvalue weighted by Crippen LogP contribution is 2.23. The lowest BCUT2D eigenvalue weighted by atomic mass is 10.1. The van der Waals surface area contributed by atoms with Crippen molar-refractivity contribution in [3.8, 4) is 17.6 Å². The zero-order valence-electron chi connectivity index (χ0n) is 11.1. The molecule has 1 aromatic heterocycles. The van der Waals surface area contributed by atoms with Crippen molar-refractivity contribution in [2.24, 2.45) is 0 Å². The molecule has 3 heteroatoms. The van der Waals surface area contributed by atoms with Crippen LogP contribution < -0.4 is 4.74 Å². The van der Waals surface area contributed by atoms with Gasteiger partial charge in [-0.1, -0.05) is 24.0 Å². The van der Waals surface area contributed by atoms with E-state index < -0.39 is 0 Å². The van der Waals surface area contributed by atoms with E-state index in [9.17, 15) is 0 Å². The van der Waals surface area contributed by atoms with E-state index in [4.69, 9.17) is 9.84 Å². The van der Waals surface area contributed by atoms with E-state index in [0.717, 1.165) is 16.2 Å². The number of benzene rings is 1. The third-order valence-corrected chi connectivity index (χ3v) is 3.86. The van der Waals surface area contributed by atoms with Gasteiger partial charge in [0.1, 0.15) is 19.0 Å². The summed E-state index contributed by atoms with van der Waals surface area (Å²) in [5.74, 6) is 6.51. The number of hydrogen-bond acceptors (Lipinski definition) is 3. The van der Waals surface area contributed by atoms with E-state index in [1.807, 2.05) is 23.6 Å². The van der Waals surface area contributed by atoms with Crippen molar-refractivity contribution in [3.63, 3.8) is 0 Å². The normalized spacial score (nSPS) is 9.84. The minimum absolute atomic E-state index is 0.118. The number of aliphatic hydroxyl groups excluding tert-OH is 1. The van der Waals surface area contributed by atoms with E-state index in [1.54, 1.807) is 11.3 Å². The van der Waals surface area contributed by atoms with Crippen LogP contribution in [0.1, 0.15) is 21.6 Å². The predicted octanol–water partition coefficient (Wildman–Crippen LogP) is 3.29.